The van der Waals surface area contributed by atoms with Crippen LogP contribution in [-0.4, -0.2) is 19.9 Å². The van der Waals surface area contributed by atoms with Gasteiger partial charge in [-0.1, -0.05) is 137 Å². The van der Waals surface area contributed by atoms with Gasteiger partial charge in [0.15, 0.2) is 11.3 Å². The van der Waals surface area contributed by atoms with Crippen molar-refractivity contribution in [3.8, 4) is 44.8 Å². The van der Waals surface area contributed by atoms with Gasteiger partial charge in [-0.2, -0.15) is 0 Å². The molecule has 0 atom stereocenters. The summed E-state index contributed by atoms with van der Waals surface area (Å²) >= 11 is 3.68. The average molecular weight is 672 g/mol. The van der Waals surface area contributed by atoms with E-state index in [0.717, 1.165) is 49.9 Å². The summed E-state index contributed by atoms with van der Waals surface area (Å²) in [6, 6.07) is 49.7. The molecule has 4 aromatic carbocycles. The number of fused-ring (bicyclic) bond motifs is 2. The second-order valence-corrected chi connectivity index (χ2v) is 11.7. The molecule has 47 heavy (non-hydrogen) atoms. The van der Waals surface area contributed by atoms with Crippen LogP contribution >= 0.6 is 15.9 Å². The number of alkyl halides is 1. The summed E-state index contributed by atoms with van der Waals surface area (Å²) in [5.41, 5.74) is 12.9. The first-order chi connectivity index (χ1) is 23.2. The minimum Gasteiger partial charge on any atom is -0.237 e. The van der Waals surface area contributed by atoms with Crippen molar-refractivity contribution in [1.82, 2.24) is 19.9 Å². The van der Waals surface area contributed by atoms with Crippen LogP contribution in [0, 0.1) is 6.92 Å². The van der Waals surface area contributed by atoms with Crippen LogP contribution in [-0.2, 0) is 5.33 Å². The number of pyridine rings is 4. The highest BCUT2D eigenvalue weighted by molar-refractivity contribution is 9.08. The molecule has 0 unspecified atom stereocenters. The zero-order valence-corrected chi connectivity index (χ0v) is 27.5. The Balaban J connectivity index is 0.000000150. The maximum absolute atomic E-state index is 4.86. The third-order valence-corrected chi connectivity index (χ3v) is 8.78. The molecule has 0 bridgehead atoms. The number of rotatable bonds is 5. The van der Waals surface area contributed by atoms with Crippen molar-refractivity contribution in [3.05, 3.63) is 169 Å². The van der Waals surface area contributed by atoms with Gasteiger partial charge in [-0.3, -0.25) is 0 Å². The summed E-state index contributed by atoms with van der Waals surface area (Å²) in [5, 5.41) is 2.91. The van der Waals surface area contributed by atoms with E-state index in [9.17, 15) is 0 Å². The van der Waals surface area contributed by atoms with Crippen LogP contribution in [0.1, 0.15) is 11.1 Å². The van der Waals surface area contributed by atoms with Gasteiger partial charge in [-0.25, -0.2) is 19.9 Å². The first kappa shape index (κ1) is 30.2. The van der Waals surface area contributed by atoms with Gasteiger partial charge in [-0.05, 0) is 64.6 Å². The first-order valence-corrected chi connectivity index (χ1v) is 16.7. The fraction of sp³-hybridized carbons (Fsp3) is 0.0476. The number of hydrogen-bond acceptors (Lipinski definition) is 4. The Bertz CT molecular complexity index is 2270. The number of hydrogen-bond donors (Lipinski definition) is 0. The van der Waals surface area contributed by atoms with Crippen LogP contribution in [0.5, 0.6) is 0 Å². The molecule has 5 heteroatoms. The quantitative estimate of drug-likeness (QED) is 0.171. The standard InChI is InChI=1S/C21H15BrN2.C21H16N2/c22-14-18-19(15-8-3-1-4-9-15)17-12-7-13-23-21(17)24-20(18)16-10-5-2-6-11-16;1-15-19(16-9-4-2-5-10-16)18-13-8-14-22-21(18)23-20(15)17-11-6-3-7-12-17/h1-13H,14H2;2-14H,1H3. The third-order valence-electron chi connectivity index (χ3n) is 8.22. The van der Waals surface area contributed by atoms with Crippen molar-refractivity contribution in [3.63, 3.8) is 0 Å². The second kappa shape index (κ2) is 13.9. The van der Waals surface area contributed by atoms with E-state index >= 15 is 0 Å². The summed E-state index contributed by atoms with van der Waals surface area (Å²) in [6.07, 6.45) is 3.60. The number of halogens is 1. The van der Waals surface area contributed by atoms with Crippen molar-refractivity contribution < 1.29 is 0 Å². The number of benzene rings is 4. The SMILES string of the molecule is BrCc1c(-c2ccccc2)nc2ncccc2c1-c1ccccc1.Cc1c(-c2ccccc2)nc2ncccc2c1-c1ccccc1. The van der Waals surface area contributed by atoms with Crippen LogP contribution in [0.25, 0.3) is 66.8 Å². The molecule has 0 amide bonds. The molecule has 0 aliphatic heterocycles. The van der Waals surface area contributed by atoms with E-state index in [2.05, 4.69) is 118 Å². The van der Waals surface area contributed by atoms with Gasteiger partial charge in [0.1, 0.15) is 0 Å². The van der Waals surface area contributed by atoms with Crippen molar-refractivity contribution in [2.75, 3.05) is 0 Å². The Kier molecular flexibility index (Phi) is 8.89. The third kappa shape index (κ3) is 6.18. The lowest BCUT2D eigenvalue weighted by molar-refractivity contribution is 1.25. The lowest BCUT2D eigenvalue weighted by Crippen LogP contribution is -1.98. The summed E-state index contributed by atoms with van der Waals surface area (Å²) in [7, 11) is 0. The van der Waals surface area contributed by atoms with Gasteiger partial charge in [0, 0.05) is 39.6 Å². The van der Waals surface area contributed by atoms with Crippen LogP contribution in [0.4, 0.5) is 0 Å². The highest BCUT2D eigenvalue weighted by Gasteiger charge is 2.18. The normalized spacial score (nSPS) is 10.9. The Hall–Kier alpha value is -5.52. The summed E-state index contributed by atoms with van der Waals surface area (Å²) in [6.45, 7) is 2.14. The molecular formula is C42H31BrN4. The first-order valence-electron chi connectivity index (χ1n) is 15.5. The second-order valence-electron chi connectivity index (χ2n) is 11.1. The van der Waals surface area contributed by atoms with E-state index < -0.39 is 0 Å². The number of aromatic nitrogens is 4. The van der Waals surface area contributed by atoms with Crippen LogP contribution < -0.4 is 0 Å². The largest absolute Gasteiger partial charge is 0.237 e. The van der Waals surface area contributed by atoms with Crippen LogP contribution in [0.2, 0.25) is 0 Å². The Labute approximate surface area is 283 Å². The van der Waals surface area contributed by atoms with E-state index in [-0.39, 0.29) is 0 Å². The van der Waals surface area contributed by atoms with Crippen molar-refractivity contribution in [2.24, 2.45) is 0 Å². The molecule has 0 N–H and O–H groups in total. The predicted octanol–water partition coefficient (Wildman–Crippen LogP) is 11.1. The topological polar surface area (TPSA) is 51.6 Å². The molecule has 0 saturated carbocycles. The van der Waals surface area contributed by atoms with Gasteiger partial charge < -0.3 is 0 Å². The molecule has 0 aliphatic carbocycles. The maximum atomic E-state index is 4.86. The highest BCUT2D eigenvalue weighted by atomic mass is 79.9. The molecule has 4 nitrogen and oxygen atoms in total. The van der Waals surface area contributed by atoms with Crippen molar-refractivity contribution >= 4 is 38.0 Å². The van der Waals surface area contributed by atoms with E-state index in [1.165, 1.54) is 33.4 Å². The molecule has 226 valence electrons. The van der Waals surface area contributed by atoms with E-state index in [1.54, 1.807) is 12.4 Å². The molecule has 8 aromatic rings. The minimum absolute atomic E-state index is 0.735. The zero-order chi connectivity index (χ0) is 32.0. The Morgan fingerprint density at radius 2 is 0.851 bits per heavy atom. The lowest BCUT2D eigenvalue weighted by atomic mass is 9.94. The van der Waals surface area contributed by atoms with Gasteiger partial charge >= 0.3 is 0 Å². The molecular weight excluding hydrogens is 640 g/mol. The Morgan fingerprint density at radius 1 is 0.447 bits per heavy atom. The van der Waals surface area contributed by atoms with Crippen LogP contribution in [0.15, 0.2) is 158 Å². The molecule has 0 fully saturated rings. The molecule has 0 aliphatic rings. The predicted molar refractivity (Wildman–Crippen MR) is 198 cm³/mol. The fourth-order valence-corrected chi connectivity index (χ4v) is 6.63. The molecule has 0 spiro atoms. The van der Waals surface area contributed by atoms with Gasteiger partial charge in [0.25, 0.3) is 0 Å². The zero-order valence-electron chi connectivity index (χ0n) is 25.9. The summed E-state index contributed by atoms with van der Waals surface area (Å²) < 4.78 is 0. The van der Waals surface area contributed by atoms with Crippen molar-refractivity contribution in [2.45, 2.75) is 12.3 Å². The fourth-order valence-electron chi connectivity index (χ4n) is 6.08. The highest BCUT2D eigenvalue weighted by Crippen LogP contribution is 2.38. The maximum Gasteiger partial charge on any atom is 0.160 e. The lowest BCUT2D eigenvalue weighted by Gasteiger charge is -2.16. The molecule has 4 heterocycles. The van der Waals surface area contributed by atoms with Gasteiger partial charge in [-0.15, -0.1) is 0 Å². The van der Waals surface area contributed by atoms with E-state index in [1.807, 2.05) is 60.7 Å². The average Bonchev–Trinajstić information content (AvgIpc) is 3.15. The summed E-state index contributed by atoms with van der Waals surface area (Å²) in [5.74, 6) is 0. The smallest absolute Gasteiger partial charge is 0.160 e. The van der Waals surface area contributed by atoms with Gasteiger partial charge in [0.2, 0.25) is 0 Å². The Morgan fingerprint density at radius 3 is 1.34 bits per heavy atom. The van der Waals surface area contributed by atoms with Gasteiger partial charge in [0.05, 0.1) is 11.4 Å². The number of nitrogens with zero attached hydrogens (tertiary/aromatic N) is 4. The van der Waals surface area contributed by atoms with Crippen LogP contribution in [0.3, 0.4) is 0 Å². The van der Waals surface area contributed by atoms with Crippen molar-refractivity contribution in [1.29, 1.82) is 0 Å². The van der Waals surface area contributed by atoms with E-state index in [4.69, 9.17) is 9.97 Å². The minimum atomic E-state index is 0.735. The summed E-state index contributed by atoms with van der Waals surface area (Å²) in [4.78, 5) is 18.7. The molecule has 4 aromatic heterocycles. The molecule has 8 rings (SSSR count). The molecule has 0 radical (unpaired) electrons. The monoisotopic (exact) mass is 670 g/mol. The van der Waals surface area contributed by atoms with E-state index in [0.29, 0.717) is 0 Å². The molecule has 0 saturated heterocycles.